The van der Waals surface area contributed by atoms with Gasteiger partial charge in [-0.05, 0) is 35.6 Å². The topological polar surface area (TPSA) is 54.7 Å². The molecular weight excluding hydrogens is 270 g/mol. The van der Waals surface area contributed by atoms with Gasteiger partial charge in [-0.25, -0.2) is 4.98 Å². The summed E-state index contributed by atoms with van der Waals surface area (Å²) in [6.07, 6.45) is 0.911. The molecule has 0 bridgehead atoms. The summed E-state index contributed by atoms with van der Waals surface area (Å²) in [4.78, 5) is 8.10. The van der Waals surface area contributed by atoms with Crippen molar-refractivity contribution in [2.75, 3.05) is 6.54 Å². The molecule has 1 heterocycles. The van der Waals surface area contributed by atoms with E-state index in [1.807, 2.05) is 18.2 Å². The number of rotatable bonds is 5. The molecule has 0 amide bonds. The molecule has 0 spiro atoms. The summed E-state index contributed by atoms with van der Waals surface area (Å²) in [5.41, 5.74) is 10.8. The van der Waals surface area contributed by atoms with E-state index >= 15 is 0 Å². The summed E-state index contributed by atoms with van der Waals surface area (Å²) < 4.78 is 0. The fraction of sp³-hybridized carbons (Fsp3) is 0.316. The average Bonchev–Trinajstić information content (AvgIpc) is 2.96. The van der Waals surface area contributed by atoms with Gasteiger partial charge < -0.3 is 10.7 Å². The maximum absolute atomic E-state index is 5.99. The van der Waals surface area contributed by atoms with E-state index < -0.39 is 0 Å². The lowest BCUT2D eigenvalue weighted by atomic mass is 9.96. The Morgan fingerprint density at radius 3 is 2.41 bits per heavy atom. The van der Waals surface area contributed by atoms with Crippen molar-refractivity contribution in [1.82, 2.24) is 9.97 Å². The lowest BCUT2D eigenvalue weighted by Crippen LogP contribution is -2.16. The normalized spacial score (nSPS) is 12.9. The third-order valence-electron chi connectivity index (χ3n) is 4.21. The first-order valence-electron chi connectivity index (χ1n) is 7.91. The molecular formula is C19H23N3. The molecule has 114 valence electrons. The standard InChI is InChI=1S/C19H23N3/c1-13(2)15-9-7-14(8-10-15)11-16(12-20)19-21-17-5-3-4-6-18(17)22-19/h3-10,13,16H,11-12,20H2,1-2H3,(H,21,22). The number of aromatic nitrogens is 2. The van der Waals surface area contributed by atoms with Crippen LogP contribution in [0.3, 0.4) is 0 Å². The van der Waals surface area contributed by atoms with Crippen LogP contribution in [0.5, 0.6) is 0 Å². The number of nitrogens with two attached hydrogens (primary N) is 1. The third-order valence-corrected chi connectivity index (χ3v) is 4.21. The second-order valence-electron chi connectivity index (χ2n) is 6.17. The number of H-pyrrole nitrogens is 1. The maximum atomic E-state index is 5.99. The van der Waals surface area contributed by atoms with Gasteiger partial charge in [-0.15, -0.1) is 0 Å². The molecule has 3 heteroatoms. The molecule has 1 atom stereocenters. The van der Waals surface area contributed by atoms with Crippen LogP contribution in [0.1, 0.15) is 42.6 Å². The van der Waals surface area contributed by atoms with Gasteiger partial charge in [0, 0.05) is 12.5 Å². The van der Waals surface area contributed by atoms with Crippen molar-refractivity contribution in [2.24, 2.45) is 5.73 Å². The molecule has 2 aromatic carbocycles. The molecule has 3 nitrogen and oxygen atoms in total. The molecule has 3 rings (SSSR count). The Kier molecular flexibility index (Phi) is 4.25. The number of hydrogen-bond acceptors (Lipinski definition) is 2. The van der Waals surface area contributed by atoms with Crippen molar-refractivity contribution in [1.29, 1.82) is 0 Å². The molecule has 0 saturated carbocycles. The summed E-state index contributed by atoms with van der Waals surface area (Å²) in [6.45, 7) is 5.02. The third kappa shape index (κ3) is 3.04. The van der Waals surface area contributed by atoms with Gasteiger partial charge in [0.25, 0.3) is 0 Å². The Hall–Kier alpha value is -2.13. The molecule has 3 N–H and O–H groups in total. The predicted molar refractivity (Wildman–Crippen MR) is 92.1 cm³/mol. The van der Waals surface area contributed by atoms with Crippen molar-refractivity contribution in [2.45, 2.75) is 32.1 Å². The van der Waals surface area contributed by atoms with E-state index in [4.69, 9.17) is 10.7 Å². The lowest BCUT2D eigenvalue weighted by molar-refractivity contribution is 0.658. The van der Waals surface area contributed by atoms with Crippen molar-refractivity contribution in [3.63, 3.8) is 0 Å². The Bertz CT molecular complexity index is 708. The molecule has 0 radical (unpaired) electrons. The number of para-hydroxylation sites is 2. The maximum Gasteiger partial charge on any atom is 0.111 e. The van der Waals surface area contributed by atoms with E-state index in [-0.39, 0.29) is 5.92 Å². The zero-order valence-corrected chi connectivity index (χ0v) is 13.2. The van der Waals surface area contributed by atoms with Crippen LogP contribution >= 0.6 is 0 Å². The Balaban J connectivity index is 1.81. The zero-order chi connectivity index (χ0) is 15.5. The predicted octanol–water partition coefficient (Wildman–Crippen LogP) is 3.97. The fourth-order valence-electron chi connectivity index (χ4n) is 2.78. The number of benzene rings is 2. The minimum atomic E-state index is 0.220. The van der Waals surface area contributed by atoms with Gasteiger partial charge in [-0.2, -0.15) is 0 Å². The van der Waals surface area contributed by atoms with Gasteiger partial charge >= 0.3 is 0 Å². The highest BCUT2D eigenvalue weighted by atomic mass is 14.9. The monoisotopic (exact) mass is 293 g/mol. The first-order valence-corrected chi connectivity index (χ1v) is 7.91. The van der Waals surface area contributed by atoms with Crippen LogP contribution in [0.25, 0.3) is 11.0 Å². The molecule has 0 fully saturated rings. The number of imidazole rings is 1. The first kappa shape index (κ1) is 14.8. The molecule has 1 unspecified atom stereocenters. The van der Waals surface area contributed by atoms with E-state index in [0.717, 1.165) is 23.3 Å². The van der Waals surface area contributed by atoms with Crippen LogP contribution in [0.15, 0.2) is 48.5 Å². The van der Waals surface area contributed by atoms with Gasteiger partial charge in [-0.3, -0.25) is 0 Å². The van der Waals surface area contributed by atoms with Crippen molar-refractivity contribution < 1.29 is 0 Å². The second kappa shape index (κ2) is 6.32. The highest BCUT2D eigenvalue weighted by Crippen LogP contribution is 2.22. The van der Waals surface area contributed by atoms with E-state index in [0.29, 0.717) is 12.5 Å². The summed E-state index contributed by atoms with van der Waals surface area (Å²) >= 11 is 0. The van der Waals surface area contributed by atoms with Crippen LogP contribution in [-0.4, -0.2) is 16.5 Å². The number of nitrogens with zero attached hydrogens (tertiary/aromatic N) is 1. The summed E-state index contributed by atoms with van der Waals surface area (Å²) in [6, 6.07) is 17.0. The highest BCUT2D eigenvalue weighted by molar-refractivity contribution is 5.74. The van der Waals surface area contributed by atoms with Crippen LogP contribution in [0.4, 0.5) is 0 Å². The minimum Gasteiger partial charge on any atom is -0.342 e. The van der Waals surface area contributed by atoms with Crippen molar-refractivity contribution >= 4 is 11.0 Å². The number of hydrogen-bond donors (Lipinski definition) is 2. The summed E-state index contributed by atoms with van der Waals surface area (Å²) in [5, 5.41) is 0. The van der Waals surface area contributed by atoms with E-state index in [9.17, 15) is 0 Å². The molecule has 3 aromatic rings. The van der Waals surface area contributed by atoms with Crippen LogP contribution in [-0.2, 0) is 6.42 Å². The van der Waals surface area contributed by atoms with Gasteiger partial charge in [-0.1, -0.05) is 50.2 Å². The van der Waals surface area contributed by atoms with E-state index in [1.165, 1.54) is 11.1 Å². The molecule has 22 heavy (non-hydrogen) atoms. The quantitative estimate of drug-likeness (QED) is 0.748. The van der Waals surface area contributed by atoms with Crippen molar-refractivity contribution in [3.8, 4) is 0 Å². The molecule has 0 saturated heterocycles. The Morgan fingerprint density at radius 1 is 1.05 bits per heavy atom. The first-order chi connectivity index (χ1) is 10.7. The molecule has 0 aliphatic rings. The van der Waals surface area contributed by atoms with E-state index in [2.05, 4.69) is 49.2 Å². The zero-order valence-electron chi connectivity index (χ0n) is 13.2. The molecule has 1 aromatic heterocycles. The minimum absolute atomic E-state index is 0.220. The lowest BCUT2D eigenvalue weighted by Gasteiger charge is -2.13. The fourth-order valence-corrected chi connectivity index (χ4v) is 2.78. The average molecular weight is 293 g/mol. The molecule has 0 aliphatic heterocycles. The van der Waals surface area contributed by atoms with E-state index in [1.54, 1.807) is 0 Å². The number of aromatic amines is 1. The van der Waals surface area contributed by atoms with Gasteiger partial charge in [0.15, 0.2) is 0 Å². The van der Waals surface area contributed by atoms with Gasteiger partial charge in [0.05, 0.1) is 11.0 Å². The summed E-state index contributed by atoms with van der Waals surface area (Å²) in [5.74, 6) is 1.77. The SMILES string of the molecule is CC(C)c1ccc(CC(CN)c2nc3ccccc3[nH]2)cc1. The molecule has 0 aliphatic carbocycles. The van der Waals surface area contributed by atoms with Crippen LogP contribution in [0.2, 0.25) is 0 Å². The van der Waals surface area contributed by atoms with Gasteiger partial charge in [0.2, 0.25) is 0 Å². The van der Waals surface area contributed by atoms with Crippen LogP contribution in [0, 0.1) is 0 Å². The van der Waals surface area contributed by atoms with Crippen molar-refractivity contribution in [3.05, 3.63) is 65.5 Å². The smallest absolute Gasteiger partial charge is 0.111 e. The summed E-state index contributed by atoms with van der Waals surface area (Å²) in [7, 11) is 0. The number of fused-ring (bicyclic) bond motifs is 1. The van der Waals surface area contributed by atoms with Gasteiger partial charge in [0.1, 0.15) is 5.82 Å². The number of nitrogens with one attached hydrogen (secondary N) is 1. The van der Waals surface area contributed by atoms with Crippen LogP contribution < -0.4 is 5.73 Å². The Labute approximate surface area is 131 Å². The largest absolute Gasteiger partial charge is 0.342 e. The highest BCUT2D eigenvalue weighted by Gasteiger charge is 2.15. The Morgan fingerprint density at radius 2 is 1.77 bits per heavy atom. The second-order valence-corrected chi connectivity index (χ2v) is 6.17.